The van der Waals surface area contributed by atoms with Crippen LogP contribution < -0.4 is 10.1 Å². The fourth-order valence-electron chi connectivity index (χ4n) is 3.39. The van der Waals surface area contributed by atoms with Crippen molar-refractivity contribution in [2.45, 2.75) is 39.2 Å². The Labute approximate surface area is 177 Å². The van der Waals surface area contributed by atoms with Crippen LogP contribution in [-0.4, -0.2) is 42.5 Å². The number of hydrogen-bond donors (Lipinski definition) is 1. The lowest BCUT2D eigenvalue weighted by molar-refractivity contribution is 0.0698. The molecule has 2 aromatic rings. The smallest absolute Gasteiger partial charge is 0.253 e. The van der Waals surface area contributed by atoms with Gasteiger partial charge in [0.15, 0.2) is 0 Å². The van der Waals surface area contributed by atoms with Crippen LogP contribution in [0.2, 0.25) is 0 Å². The van der Waals surface area contributed by atoms with Crippen molar-refractivity contribution in [3.8, 4) is 5.75 Å². The SMILES string of the molecule is CC(C)CCOc1ccc(C(=O)N2CCC(NC(=O)c3ccc(F)cc3)CC2)cc1. The number of ether oxygens (including phenoxy) is 1. The van der Waals surface area contributed by atoms with Crippen LogP contribution in [0.3, 0.4) is 0 Å². The molecular weight excluding hydrogens is 383 g/mol. The molecule has 160 valence electrons. The molecule has 0 saturated carbocycles. The van der Waals surface area contributed by atoms with Gasteiger partial charge in [0.1, 0.15) is 11.6 Å². The predicted molar refractivity (Wildman–Crippen MR) is 114 cm³/mol. The highest BCUT2D eigenvalue weighted by molar-refractivity contribution is 5.95. The highest BCUT2D eigenvalue weighted by Gasteiger charge is 2.25. The van der Waals surface area contributed by atoms with E-state index in [2.05, 4.69) is 19.2 Å². The van der Waals surface area contributed by atoms with Crippen LogP contribution in [0, 0.1) is 11.7 Å². The molecular formula is C24H29FN2O3. The molecule has 5 nitrogen and oxygen atoms in total. The maximum Gasteiger partial charge on any atom is 0.253 e. The molecule has 0 bridgehead atoms. The van der Waals surface area contributed by atoms with E-state index in [0.29, 0.717) is 49.6 Å². The second-order valence-corrected chi connectivity index (χ2v) is 8.10. The fraction of sp³-hybridized carbons (Fsp3) is 0.417. The van der Waals surface area contributed by atoms with E-state index >= 15 is 0 Å². The third-order valence-electron chi connectivity index (χ3n) is 5.29. The van der Waals surface area contributed by atoms with E-state index < -0.39 is 0 Å². The number of nitrogens with zero attached hydrogens (tertiary/aromatic N) is 1. The summed E-state index contributed by atoms with van der Waals surface area (Å²) in [4.78, 5) is 26.9. The molecule has 0 radical (unpaired) electrons. The zero-order chi connectivity index (χ0) is 21.5. The number of hydrogen-bond acceptors (Lipinski definition) is 3. The first-order valence-corrected chi connectivity index (χ1v) is 10.5. The highest BCUT2D eigenvalue weighted by atomic mass is 19.1. The molecule has 0 unspecified atom stereocenters. The Hall–Kier alpha value is -2.89. The van der Waals surface area contributed by atoms with Crippen molar-refractivity contribution in [3.05, 3.63) is 65.5 Å². The molecule has 2 aromatic carbocycles. The predicted octanol–water partition coefficient (Wildman–Crippen LogP) is 4.29. The summed E-state index contributed by atoms with van der Waals surface area (Å²) in [6.45, 7) is 6.15. The Balaban J connectivity index is 1.46. The Morgan fingerprint density at radius 2 is 1.63 bits per heavy atom. The molecule has 0 spiro atoms. The monoisotopic (exact) mass is 412 g/mol. The molecule has 3 rings (SSSR count). The van der Waals surface area contributed by atoms with Crippen LogP contribution in [-0.2, 0) is 0 Å². The first-order valence-electron chi connectivity index (χ1n) is 10.5. The number of halogens is 1. The lowest BCUT2D eigenvalue weighted by Gasteiger charge is -2.32. The average Bonchev–Trinajstić information content (AvgIpc) is 2.74. The summed E-state index contributed by atoms with van der Waals surface area (Å²) >= 11 is 0. The average molecular weight is 413 g/mol. The van der Waals surface area contributed by atoms with Crippen molar-refractivity contribution >= 4 is 11.8 Å². The van der Waals surface area contributed by atoms with E-state index in [9.17, 15) is 14.0 Å². The number of piperidine rings is 1. The van der Waals surface area contributed by atoms with Gasteiger partial charge in [-0.1, -0.05) is 13.8 Å². The summed E-state index contributed by atoms with van der Waals surface area (Å²) in [7, 11) is 0. The molecule has 0 aromatic heterocycles. The summed E-state index contributed by atoms with van der Waals surface area (Å²) in [6.07, 6.45) is 2.37. The van der Waals surface area contributed by atoms with Gasteiger partial charge in [0.05, 0.1) is 6.61 Å². The zero-order valence-corrected chi connectivity index (χ0v) is 17.6. The quantitative estimate of drug-likeness (QED) is 0.738. The van der Waals surface area contributed by atoms with Crippen LogP contribution >= 0.6 is 0 Å². The molecule has 30 heavy (non-hydrogen) atoms. The first-order chi connectivity index (χ1) is 14.4. The van der Waals surface area contributed by atoms with Crippen molar-refractivity contribution < 1.29 is 18.7 Å². The topological polar surface area (TPSA) is 58.6 Å². The van der Waals surface area contributed by atoms with Gasteiger partial charge in [0.2, 0.25) is 0 Å². The molecule has 0 aliphatic carbocycles. The Morgan fingerprint density at radius 1 is 1.03 bits per heavy atom. The number of benzene rings is 2. The lowest BCUT2D eigenvalue weighted by Crippen LogP contribution is -2.46. The largest absolute Gasteiger partial charge is 0.494 e. The number of carbonyl (C=O) groups excluding carboxylic acids is 2. The molecule has 0 atom stereocenters. The minimum Gasteiger partial charge on any atom is -0.494 e. The van der Waals surface area contributed by atoms with Crippen molar-refractivity contribution in [1.29, 1.82) is 0 Å². The second-order valence-electron chi connectivity index (χ2n) is 8.10. The number of likely N-dealkylation sites (tertiary alicyclic amines) is 1. The van der Waals surface area contributed by atoms with Gasteiger partial charge in [0, 0.05) is 30.3 Å². The van der Waals surface area contributed by atoms with Crippen LogP contribution in [0.1, 0.15) is 53.8 Å². The standard InChI is InChI=1S/C24H29FN2O3/c1-17(2)13-16-30-22-9-5-19(6-10-22)24(29)27-14-11-21(12-15-27)26-23(28)18-3-7-20(25)8-4-18/h3-10,17,21H,11-16H2,1-2H3,(H,26,28). The summed E-state index contributed by atoms with van der Waals surface area (Å²) in [6, 6.07) is 12.8. The van der Waals surface area contributed by atoms with Gasteiger partial charge >= 0.3 is 0 Å². The molecule has 1 aliphatic rings. The van der Waals surface area contributed by atoms with Crippen LogP contribution in [0.15, 0.2) is 48.5 Å². The summed E-state index contributed by atoms with van der Waals surface area (Å²) < 4.78 is 18.7. The third kappa shape index (κ3) is 6.05. The second kappa shape index (κ2) is 10.2. The Morgan fingerprint density at radius 3 is 2.23 bits per heavy atom. The highest BCUT2D eigenvalue weighted by Crippen LogP contribution is 2.18. The van der Waals surface area contributed by atoms with E-state index in [1.165, 1.54) is 24.3 Å². The Kier molecular flexibility index (Phi) is 7.44. The summed E-state index contributed by atoms with van der Waals surface area (Å²) in [5.74, 6) is 0.775. The lowest BCUT2D eigenvalue weighted by atomic mass is 10.0. The normalized spacial score (nSPS) is 14.6. The number of carbonyl (C=O) groups is 2. The van der Waals surface area contributed by atoms with Crippen LogP contribution in [0.4, 0.5) is 4.39 Å². The van der Waals surface area contributed by atoms with Crippen LogP contribution in [0.5, 0.6) is 5.75 Å². The molecule has 2 amide bonds. The number of rotatable bonds is 7. The van der Waals surface area contributed by atoms with E-state index in [1.807, 2.05) is 17.0 Å². The van der Waals surface area contributed by atoms with Crippen molar-refractivity contribution in [1.82, 2.24) is 10.2 Å². The van der Waals surface area contributed by atoms with E-state index in [4.69, 9.17) is 4.74 Å². The van der Waals surface area contributed by atoms with Gasteiger partial charge in [-0.05, 0) is 73.7 Å². The minimum absolute atomic E-state index is 0.00309. The van der Waals surface area contributed by atoms with Gasteiger partial charge in [-0.15, -0.1) is 0 Å². The van der Waals surface area contributed by atoms with E-state index in [0.717, 1.165) is 12.2 Å². The zero-order valence-electron chi connectivity index (χ0n) is 17.6. The Bertz CT molecular complexity index is 842. The van der Waals surface area contributed by atoms with Crippen molar-refractivity contribution in [3.63, 3.8) is 0 Å². The van der Waals surface area contributed by atoms with Crippen molar-refractivity contribution in [2.75, 3.05) is 19.7 Å². The van der Waals surface area contributed by atoms with Gasteiger partial charge in [-0.2, -0.15) is 0 Å². The maximum atomic E-state index is 13.0. The molecule has 1 fully saturated rings. The number of nitrogens with one attached hydrogen (secondary N) is 1. The molecule has 1 N–H and O–H groups in total. The summed E-state index contributed by atoms with van der Waals surface area (Å²) in [5, 5.41) is 2.97. The third-order valence-corrected chi connectivity index (χ3v) is 5.29. The van der Waals surface area contributed by atoms with Crippen LogP contribution in [0.25, 0.3) is 0 Å². The maximum absolute atomic E-state index is 13.0. The van der Waals surface area contributed by atoms with Crippen molar-refractivity contribution in [2.24, 2.45) is 5.92 Å². The van der Waals surface area contributed by atoms with Gasteiger partial charge in [-0.25, -0.2) is 4.39 Å². The molecule has 6 heteroatoms. The minimum atomic E-state index is -0.367. The van der Waals surface area contributed by atoms with E-state index in [1.54, 1.807) is 12.1 Å². The number of amides is 2. The molecule has 1 heterocycles. The van der Waals surface area contributed by atoms with Gasteiger partial charge < -0.3 is 15.0 Å². The first kappa shape index (κ1) is 21.8. The fourth-order valence-corrected chi connectivity index (χ4v) is 3.39. The molecule has 1 saturated heterocycles. The van der Waals surface area contributed by atoms with Gasteiger partial charge in [-0.3, -0.25) is 9.59 Å². The molecule has 1 aliphatic heterocycles. The van der Waals surface area contributed by atoms with E-state index in [-0.39, 0.29) is 23.7 Å². The summed E-state index contributed by atoms with van der Waals surface area (Å²) in [5.41, 5.74) is 1.07. The van der Waals surface area contributed by atoms with Gasteiger partial charge in [0.25, 0.3) is 11.8 Å².